The van der Waals surface area contributed by atoms with Gasteiger partial charge in [-0.2, -0.15) is 0 Å². The van der Waals surface area contributed by atoms with Gasteiger partial charge in [-0.3, -0.25) is 14.3 Å². The van der Waals surface area contributed by atoms with Gasteiger partial charge in [-0.1, -0.05) is 23.7 Å². The number of guanidine groups is 1. The summed E-state index contributed by atoms with van der Waals surface area (Å²) in [5.74, 6) is -0.647. The minimum absolute atomic E-state index is 0.0977. The van der Waals surface area contributed by atoms with Crippen LogP contribution in [-0.2, 0) is 10.3 Å². The molecule has 1 atom stereocenters. The fourth-order valence-corrected chi connectivity index (χ4v) is 4.13. The highest BCUT2D eigenvalue weighted by molar-refractivity contribution is 6.31. The van der Waals surface area contributed by atoms with Crippen LogP contribution < -0.4 is 10.2 Å². The van der Waals surface area contributed by atoms with Gasteiger partial charge >= 0.3 is 6.09 Å². The molecule has 1 aliphatic rings. The third kappa shape index (κ3) is 3.86. The summed E-state index contributed by atoms with van der Waals surface area (Å²) in [5.41, 5.74) is 0.431. The number of nitrogens with one attached hydrogen (secondary N) is 1. The van der Waals surface area contributed by atoms with Crippen molar-refractivity contribution >= 4 is 46.5 Å². The topological polar surface area (TPSA) is 103 Å². The Morgan fingerprint density at radius 2 is 2.06 bits per heavy atom. The third-order valence-corrected chi connectivity index (χ3v) is 5.83. The van der Waals surface area contributed by atoms with Crippen LogP contribution in [-0.4, -0.2) is 58.7 Å². The quantitative estimate of drug-likeness (QED) is 0.604. The molecule has 1 saturated heterocycles. The standard InChI is InChI=1S/C22H22ClFN6O3/c1-22(11-17(31)29(4)19(27-22)26-21(32)33)13-6-5-7-15(18(13)24)30-16-10-12(23)8-9-14(16)25-20(30)28(2)3/h5-10H,11H2,1-4H3,(H,26,27)(H,32,33)/t22-/m0/s1. The molecule has 1 aromatic heterocycles. The molecule has 1 fully saturated rings. The summed E-state index contributed by atoms with van der Waals surface area (Å²) in [5, 5.41) is 12.5. The van der Waals surface area contributed by atoms with Crippen molar-refractivity contribution in [3.05, 3.63) is 52.8 Å². The maximum absolute atomic E-state index is 16.1. The SMILES string of the molecule is CN1C(=O)C[C@@](C)(c2cccc(-n3c(N(C)C)nc4ccc(Cl)cc43)c2F)N/C1=N/C(=O)O. The van der Waals surface area contributed by atoms with Crippen molar-refractivity contribution in [1.29, 1.82) is 0 Å². The summed E-state index contributed by atoms with van der Waals surface area (Å²) in [7, 11) is 5.01. The first-order valence-electron chi connectivity index (χ1n) is 10.0. The zero-order valence-electron chi connectivity index (χ0n) is 18.4. The molecular formula is C22H22ClFN6O3. The molecule has 0 radical (unpaired) electrons. The number of nitrogens with zero attached hydrogens (tertiary/aromatic N) is 5. The van der Waals surface area contributed by atoms with E-state index in [0.29, 0.717) is 22.0 Å². The minimum atomic E-state index is -1.46. The predicted molar refractivity (Wildman–Crippen MR) is 124 cm³/mol. The third-order valence-electron chi connectivity index (χ3n) is 5.60. The van der Waals surface area contributed by atoms with E-state index in [4.69, 9.17) is 16.7 Å². The van der Waals surface area contributed by atoms with Gasteiger partial charge < -0.3 is 15.3 Å². The van der Waals surface area contributed by atoms with Crippen molar-refractivity contribution in [3.8, 4) is 5.69 Å². The molecule has 0 saturated carbocycles. The number of hydrogen-bond donors (Lipinski definition) is 2. The van der Waals surface area contributed by atoms with Crippen LogP contribution >= 0.6 is 11.6 Å². The molecule has 2 amide bonds. The lowest BCUT2D eigenvalue weighted by atomic mass is 9.86. The molecule has 33 heavy (non-hydrogen) atoms. The fraction of sp³-hybridized carbons (Fsp3) is 0.273. The molecule has 3 aromatic rings. The smallest absolute Gasteiger partial charge is 0.434 e. The van der Waals surface area contributed by atoms with Crippen LogP contribution in [0.4, 0.5) is 15.1 Å². The van der Waals surface area contributed by atoms with Crippen LogP contribution in [0.15, 0.2) is 41.4 Å². The second-order valence-electron chi connectivity index (χ2n) is 8.22. The van der Waals surface area contributed by atoms with Gasteiger partial charge in [0.05, 0.1) is 28.7 Å². The average Bonchev–Trinajstić information content (AvgIpc) is 3.10. The van der Waals surface area contributed by atoms with E-state index < -0.39 is 23.4 Å². The van der Waals surface area contributed by atoms with Gasteiger partial charge in [0.2, 0.25) is 17.8 Å². The maximum Gasteiger partial charge on any atom is 0.434 e. The lowest BCUT2D eigenvalue weighted by Gasteiger charge is -2.40. The maximum atomic E-state index is 16.1. The second-order valence-corrected chi connectivity index (χ2v) is 8.65. The largest absolute Gasteiger partial charge is 0.463 e. The summed E-state index contributed by atoms with van der Waals surface area (Å²) in [4.78, 5) is 34.7. The van der Waals surface area contributed by atoms with E-state index in [0.717, 1.165) is 4.90 Å². The molecular weight excluding hydrogens is 451 g/mol. The molecule has 1 aliphatic heterocycles. The van der Waals surface area contributed by atoms with Crippen LogP contribution in [0.2, 0.25) is 5.02 Å². The number of anilines is 1. The number of aromatic nitrogens is 2. The monoisotopic (exact) mass is 472 g/mol. The minimum Gasteiger partial charge on any atom is -0.463 e. The molecule has 0 bridgehead atoms. The zero-order chi connectivity index (χ0) is 24.1. The first-order valence-corrected chi connectivity index (χ1v) is 10.4. The van der Waals surface area contributed by atoms with E-state index in [9.17, 15) is 9.59 Å². The van der Waals surface area contributed by atoms with Crippen molar-refractivity contribution in [3.63, 3.8) is 0 Å². The number of imidazole rings is 1. The normalized spacial score (nSPS) is 19.8. The van der Waals surface area contributed by atoms with Gasteiger partial charge in [0.1, 0.15) is 0 Å². The average molecular weight is 473 g/mol. The summed E-state index contributed by atoms with van der Waals surface area (Å²) < 4.78 is 17.8. The molecule has 11 heteroatoms. The Morgan fingerprint density at radius 3 is 2.73 bits per heavy atom. The second kappa shape index (κ2) is 8.04. The Bertz CT molecular complexity index is 1320. The number of carbonyl (C=O) groups is 2. The Labute approximate surface area is 194 Å². The van der Waals surface area contributed by atoms with Gasteiger partial charge in [0.25, 0.3) is 0 Å². The van der Waals surface area contributed by atoms with Gasteiger partial charge in [0, 0.05) is 31.7 Å². The number of amides is 2. The number of fused-ring (bicyclic) bond motifs is 1. The number of carbonyl (C=O) groups excluding carboxylic acids is 1. The van der Waals surface area contributed by atoms with E-state index in [-0.39, 0.29) is 23.6 Å². The van der Waals surface area contributed by atoms with Gasteiger partial charge in [-0.05, 0) is 31.2 Å². The van der Waals surface area contributed by atoms with Gasteiger partial charge in [-0.15, -0.1) is 4.99 Å². The summed E-state index contributed by atoms with van der Waals surface area (Å²) in [6.45, 7) is 1.63. The fourth-order valence-electron chi connectivity index (χ4n) is 3.96. The highest BCUT2D eigenvalue weighted by Gasteiger charge is 2.41. The predicted octanol–water partition coefficient (Wildman–Crippen LogP) is 3.58. The van der Waals surface area contributed by atoms with E-state index in [1.807, 2.05) is 0 Å². The van der Waals surface area contributed by atoms with E-state index in [1.165, 1.54) is 7.05 Å². The number of halogens is 2. The van der Waals surface area contributed by atoms with E-state index in [1.54, 1.807) is 66.9 Å². The molecule has 0 aliphatic carbocycles. The van der Waals surface area contributed by atoms with Crippen molar-refractivity contribution in [2.24, 2.45) is 4.99 Å². The van der Waals surface area contributed by atoms with Crippen molar-refractivity contribution in [2.45, 2.75) is 18.9 Å². The van der Waals surface area contributed by atoms with Crippen LogP contribution in [0.3, 0.4) is 0 Å². The van der Waals surface area contributed by atoms with Crippen LogP contribution in [0.25, 0.3) is 16.7 Å². The number of benzene rings is 2. The van der Waals surface area contributed by atoms with Crippen LogP contribution in [0.5, 0.6) is 0 Å². The summed E-state index contributed by atoms with van der Waals surface area (Å²) in [6.07, 6.45) is -1.56. The van der Waals surface area contributed by atoms with Crippen LogP contribution in [0, 0.1) is 5.82 Å². The zero-order valence-corrected chi connectivity index (χ0v) is 19.2. The molecule has 172 valence electrons. The molecule has 2 heterocycles. The van der Waals surface area contributed by atoms with Crippen LogP contribution in [0.1, 0.15) is 18.9 Å². The summed E-state index contributed by atoms with van der Waals surface area (Å²) in [6, 6.07) is 10.0. The van der Waals surface area contributed by atoms with Crippen molar-refractivity contribution in [2.75, 3.05) is 26.0 Å². The number of carboxylic acid groups (broad SMARTS) is 1. The lowest BCUT2D eigenvalue weighted by molar-refractivity contribution is -0.129. The molecule has 2 aromatic carbocycles. The van der Waals surface area contributed by atoms with Gasteiger partial charge in [0.15, 0.2) is 5.82 Å². The highest BCUT2D eigenvalue weighted by Crippen LogP contribution is 2.36. The first-order chi connectivity index (χ1) is 15.5. The Kier molecular flexibility index (Phi) is 5.49. The first kappa shape index (κ1) is 22.5. The highest BCUT2D eigenvalue weighted by atomic mass is 35.5. The Hall–Kier alpha value is -3.66. The van der Waals surface area contributed by atoms with E-state index >= 15 is 4.39 Å². The summed E-state index contributed by atoms with van der Waals surface area (Å²) >= 11 is 6.21. The number of hydrogen-bond acceptors (Lipinski definition) is 4. The van der Waals surface area contributed by atoms with E-state index in [2.05, 4.69) is 15.3 Å². The number of rotatable bonds is 3. The molecule has 4 rings (SSSR count). The Morgan fingerprint density at radius 1 is 1.33 bits per heavy atom. The number of aliphatic imine (C=N–C) groups is 1. The molecule has 9 nitrogen and oxygen atoms in total. The molecule has 0 unspecified atom stereocenters. The Balaban J connectivity index is 1.91. The van der Waals surface area contributed by atoms with Gasteiger partial charge in [-0.25, -0.2) is 14.2 Å². The molecule has 2 N–H and O–H groups in total. The van der Waals surface area contributed by atoms with Crippen molar-refractivity contribution < 1.29 is 19.1 Å². The van der Waals surface area contributed by atoms with Crippen molar-refractivity contribution in [1.82, 2.24) is 19.8 Å². The lowest BCUT2D eigenvalue weighted by Crippen LogP contribution is -2.59. The molecule has 0 spiro atoms.